The number of hydrogen-bond donors (Lipinski definition) is 2. The highest BCUT2D eigenvalue weighted by molar-refractivity contribution is 5.96. The molecule has 0 atom stereocenters. The summed E-state index contributed by atoms with van der Waals surface area (Å²) < 4.78 is 50.7. The van der Waals surface area contributed by atoms with Crippen molar-refractivity contribution < 1.29 is 27.2 Å². The molecule has 0 unspecified atom stereocenters. The van der Waals surface area contributed by atoms with E-state index in [0.717, 1.165) is 24.4 Å². The van der Waals surface area contributed by atoms with Gasteiger partial charge in [0.2, 0.25) is 0 Å². The Labute approximate surface area is 145 Å². The molecule has 0 radical (unpaired) electrons. The van der Waals surface area contributed by atoms with Gasteiger partial charge in [0.15, 0.2) is 0 Å². The highest BCUT2D eigenvalue weighted by Crippen LogP contribution is 2.28. The van der Waals surface area contributed by atoms with Crippen LogP contribution in [-0.2, 0) is 11.0 Å². The van der Waals surface area contributed by atoms with E-state index in [4.69, 9.17) is 0 Å². The molecule has 0 spiro atoms. The van der Waals surface area contributed by atoms with E-state index >= 15 is 0 Å². The van der Waals surface area contributed by atoms with Crippen LogP contribution in [0.5, 0.6) is 0 Å². The van der Waals surface area contributed by atoms with E-state index in [2.05, 4.69) is 15.8 Å². The normalized spacial score (nSPS) is 11.4. The van der Waals surface area contributed by atoms with Crippen molar-refractivity contribution in [2.45, 2.75) is 6.18 Å². The fourth-order valence-corrected chi connectivity index (χ4v) is 1.88. The molecule has 26 heavy (non-hydrogen) atoms. The summed E-state index contributed by atoms with van der Waals surface area (Å²) in [5, 5.41) is 5.79. The second-order valence-corrected chi connectivity index (χ2v) is 5.08. The van der Waals surface area contributed by atoms with Gasteiger partial charge in [-0.1, -0.05) is 24.3 Å². The van der Waals surface area contributed by atoms with E-state index in [9.17, 15) is 27.2 Å². The molecule has 0 aliphatic rings. The molecule has 5 nitrogen and oxygen atoms in total. The summed E-state index contributed by atoms with van der Waals surface area (Å²) in [7, 11) is 0. The number of rotatable bonds is 5. The number of nitrogens with one attached hydrogen (secondary N) is 2. The van der Waals surface area contributed by atoms with E-state index in [-0.39, 0.29) is 5.56 Å². The van der Waals surface area contributed by atoms with Crippen LogP contribution in [0.2, 0.25) is 0 Å². The first-order chi connectivity index (χ1) is 12.3. The topological polar surface area (TPSA) is 70.6 Å². The maximum absolute atomic E-state index is 13.4. The molecule has 2 N–H and O–H groups in total. The Morgan fingerprint density at radius 1 is 1.04 bits per heavy atom. The fourth-order valence-electron chi connectivity index (χ4n) is 1.88. The van der Waals surface area contributed by atoms with Gasteiger partial charge in [-0.25, -0.2) is 9.82 Å². The van der Waals surface area contributed by atoms with E-state index < -0.39 is 35.9 Å². The summed E-state index contributed by atoms with van der Waals surface area (Å²) in [6.07, 6.45) is -3.28. The van der Waals surface area contributed by atoms with Crippen molar-refractivity contribution >= 4 is 18.0 Å². The van der Waals surface area contributed by atoms with Crippen LogP contribution in [-0.4, -0.2) is 24.6 Å². The SMILES string of the molecule is O=C(CNC(=O)c1ccccc1F)N/N=C/c1ccc(C(F)(F)F)cc1. The summed E-state index contributed by atoms with van der Waals surface area (Å²) >= 11 is 0. The van der Waals surface area contributed by atoms with E-state index in [1.165, 1.54) is 30.3 Å². The number of nitrogens with zero attached hydrogens (tertiary/aromatic N) is 1. The molecule has 0 bridgehead atoms. The largest absolute Gasteiger partial charge is 0.416 e. The summed E-state index contributed by atoms with van der Waals surface area (Å²) in [5.74, 6) is -2.16. The van der Waals surface area contributed by atoms with Crippen molar-refractivity contribution in [1.82, 2.24) is 10.7 Å². The van der Waals surface area contributed by atoms with Crippen LogP contribution in [0.3, 0.4) is 0 Å². The van der Waals surface area contributed by atoms with Crippen LogP contribution in [0, 0.1) is 5.82 Å². The van der Waals surface area contributed by atoms with Crippen molar-refractivity contribution in [2.24, 2.45) is 5.10 Å². The molecule has 0 aliphatic heterocycles. The first kappa shape index (κ1) is 19.1. The van der Waals surface area contributed by atoms with Gasteiger partial charge in [-0.3, -0.25) is 9.59 Å². The lowest BCUT2D eigenvalue weighted by Crippen LogP contribution is -2.35. The predicted octanol–water partition coefficient (Wildman–Crippen LogP) is 2.72. The van der Waals surface area contributed by atoms with E-state index in [1.54, 1.807) is 0 Å². The number of carbonyl (C=O) groups excluding carboxylic acids is 2. The molecule has 2 amide bonds. The molecule has 0 saturated heterocycles. The van der Waals surface area contributed by atoms with Gasteiger partial charge < -0.3 is 5.32 Å². The van der Waals surface area contributed by atoms with Gasteiger partial charge in [-0.15, -0.1) is 0 Å². The third-order valence-corrected chi connectivity index (χ3v) is 3.17. The van der Waals surface area contributed by atoms with Gasteiger partial charge in [-0.05, 0) is 29.8 Å². The average molecular weight is 367 g/mol. The predicted molar refractivity (Wildman–Crippen MR) is 85.9 cm³/mol. The summed E-state index contributed by atoms with van der Waals surface area (Å²) in [4.78, 5) is 23.3. The number of carbonyl (C=O) groups is 2. The Morgan fingerprint density at radius 3 is 2.31 bits per heavy atom. The molecule has 136 valence electrons. The summed E-state index contributed by atoms with van der Waals surface area (Å²) in [6.45, 7) is -0.447. The first-order valence-corrected chi connectivity index (χ1v) is 7.29. The van der Waals surface area contributed by atoms with Gasteiger partial charge in [0.1, 0.15) is 5.82 Å². The second-order valence-electron chi connectivity index (χ2n) is 5.08. The molecule has 0 fully saturated rings. The van der Waals surface area contributed by atoms with Crippen molar-refractivity contribution in [3.63, 3.8) is 0 Å². The van der Waals surface area contributed by atoms with Crippen molar-refractivity contribution in [3.8, 4) is 0 Å². The number of halogens is 4. The molecule has 0 heterocycles. The minimum Gasteiger partial charge on any atom is -0.343 e. The molecule has 2 rings (SSSR count). The van der Waals surface area contributed by atoms with E-state index in [0.29, 0.717) is 5.56 Å². The van der Waals surface area contributed by atoms with Gasteiger partial charge in [0.05, 0.1) is 23.9 Å². The second kappa shape index (κ2) is 8.24. The van der Waals surface area contributed by atoms with Crippen LogP contribution in [0.4, 0.5) is 17.6 Å². The molecular formula is C17H13F4N3O2. The smallest absolute Gasteiger partial charge is 0.343 e. The number of alkyl halides is 3. The van der Waals surface area contributed by atoms with Crippen LogP contribution < -0.4 is 10.7 Å². The van der Waals surface area contributed by atoms with Gasteiger partial charge in [0, 0.05) is 0 Å². The zero-order valence-electron chi connectivity index (χ0n) is 13.2. The van der Waals surface area contributed by atoms with Crippen molar-refractivity contribution in [3.05, 3.63) is 71.0 Å². The van der Waals surface area contributed by atoms with Crippen LogP contribution >= 0.6 is 0 Å². The molecule has 0 aromatic heterocycles. The Kier molecular flexibility index (Phi) is 6.05. The number of amides is 2. The quantitative estimate of drug-likeness (QED) is 0.485. The Hall–Kier alpha value is -3.23. The lowest BCUT2D eigenvalue weighted by atomic mass is 10.1. The first-order valence-electron chi connectivity index (χ1n) is 7.29. The maximum Gasteiger partial charge on any atom is 0.416 e. The van der Waals surface area contributed by atoms with Gasteiger partial charge in [-0.2, -0.15) is 18.3 Å². The lowest BCUT2D eigenvalue weighted by Gasteiger charge is -2.06. The molecule has 0 saturated carbocycles. The zero-order valence-corrected chi connectivity index (χ0v) is 13.2. The minimum absolute atomic E-state index is 0.200. The lowest BCUT2D eigenvalue weighted by molar-refractivity contribution is -0.137. The van der Waals surface area contributed by atoms with Crippen LogP contribution in [0.1, 0.15) is 21.5 Å². The average Bonchev–Trinajstić information content (AvgIpc) is 2.60. The highest BCUT2D eigenvalue weighted by atomic mass is 19.4. The van der Waals surface area contributed by atoms with E-state index in [1.807, 2.05) is 0 Å². The third kappa shape index (κ3) is 5.40. The zero-order chi connectivity index (χ0) is 19.2. The Morgan fingerprint density at radius 2 is 1.69 bits per heavy atom. The molecule has 9 heteroatoms. The maximum atomic E-state index is 13.4. The van der Waals surface area contributed by atoms with Crippen molar-refractivity contribution in [1.29, 1.82) is 0 Å². The molecule has 0 aliphatic carbocycles. The third-order valence-electron chi connectivity index (χ3n) is 3.17. The Balaban J connectivity index is 1.82. The number of benzene rings is 2. The van der Waals surface area contributed by atoms with Crippen LogP contribution in [0.15, 0.2) is 53.6 Å². The fraction of sp³-hybridized carbons (Fsp3) is 0.118. The summed E-state index contributed by atoms with van der Waals surface area (Å²) in [6, 6.07) is 9.45. The number of hydrogen-bond acceptors (Lipinski definition) is 3. The monoisotopic (exact) mass is 367 g/mol. The Bertz CT molecular complexity index is 818. The highest BCUT2D eigenvalue weighted by Gasteiger charge is 2.29. The molecule has 2 aromatic carbocycles. The van der Waals surface area contributed by atoms with Crippen LogP contribution in [0.25, 0.3) is 0 Å². The van der Waals surface area contributed by atoms with Gasteiger partial charge in [0.25, 0.3) is 11.8 Å². The molecule has 2 aromatic rings. The standard InChI is InChI=1S/C17H13F4N3O2/c18-14-4-2-1-3-13(14)16(26)22-10-15(25)24-23-9-11-5-7-12(8-6-11)17(19,20)21/h1-9H,10H2,(H,22,26)(H,24,25)/b23-9+. The van der Waals surface area contributed by atoms with Gasteiger partial charge >= 0.3 is 6.18 Å². The molecular weight excluding hydrogens is 354 g/mol. The van der Waals surface area contributed by atoms with Crippen molar-refractivity contribution in [2.75, 3.05) is 6.54 Å². The minimum atomic E-state index is -4.43. The summed E-state index contributed by atoms with van der Waals surface area (Å²) in [5.41, 5.74) is 1.44. The number of hydrazone groups is 1.